The van der Waals surface area contributed by atoms with E-state index < -0.39 is 68.2 Å². The van der Waals surface area contributed by atoms with Crippen molar-refractivity contribution in [2.75, 3.05) is 5.32 Å². The Morgan fingerprint density at radius 2 is 1.58 bits per heavy atom. The fourth-order valence-electron chi connectivity index (χ4n) is 3.65. The van der Waals surface area contributed by atoms with Crippen molar-refractivity contribution >= 4 is 51.0 Å². The summed E-state index contributed by atoms with van der Waals surface area (Å²) in [6, 6.07) is 10.1. The first-order valence-electron chi connectivity index (χ1n) is 12.8. The Balaban J connectivity index is 1.78. The Bertz CT molecular complexity index is 1460. The highest BCUT2D eigenvalue weighted by molar-refractivity contribution is 7.87. The lowest BCUT2D eigenvalue weighted by molar-refractivity contribution is -0.384. The van der Waals surface area contributed by atoms with Gasteiger partial charge in [0, 0.05) is 36.6 Å². The number of hydrogen-bond acceptors (Lipinski definition) is 11. The van der Waals surface area contributed by atoms with Gasteiger partial charge in [-0.3, -0.25) is 33.8 Å². The summed E-state index contributed by atoms with van der Waals surface area (Å²) in [6.07, 6.45) is -2.02. The molecule has 0 saturated carbocycles. The molecule has 232 valence electrons. The van der Waals surface area contributed by atoms with Crippen LogP contribution in [0.1, 0.15) is 45.6 Å². The summed E-state index contributed by atoms with van der Waals surface area (Å²) in [4.78, 5) is 70.6. The molecule has 2 amide bonds. The predicted molar refractivity (Wildman–Crippen MR) is 151 cm³/mol. The summed E-state index contributed by atoms with van der Waals surface area (Å²) in [6.45, 7) is 3.71. The van der Waals surface area contributed by atoms with Gasteiger partial charge in [0.15, 0.2) is 0 Å². The molecule has 2 aromatic carbocycles. The van der Waals surface area contributed by atoms with E-state index in [1.165, 1.54) is 50.2 Å². The van der Waals surface area contributed by atoms with Gasteiger partial charge >= 0.3 is 6.16 Å². The van der Waals surface area contributed by atoms with Gasteiger partial charge in [0.25, 0.3) is 15.8 Å². The molecule has 0 aliphatic heterocycles. The first kappa shape index (κ1) is 34.5. The van der Waals surface area contributed by atoms with Crippen LogP contribution in [0.5, 0.6) is 5.75 Å². The van der Waals surface area contributed by atoms with Crippen LogP contribution in [-0.4, -0.2) is 58.7 Å². The first-order valence-corrected chi connectivity index (χ1v) is 14.3. The van der Waals surface area contributed by atoms with E-state index in [9.17, 15) is 42.5 Å². The van der Waals surface area contributed by atoms with Gasteiger partial charge in [-0.2, -0.15) is 8.42 Å². The molecule has 1 unspecified atom stereocenters. The first-order chi connectivity index (χ1) is 20.1. The molecule has 0 aliphatic rings. The summed E-state index contributed by atoms with van der Waals surface area (Å²) in [5.74, 6) is -3.23. The average Bonchev–Trinajstić information content (AvgIpc) is 2.91. The van der Waals surface area contributed by atoms with Crippen molar-refractivity contribution in [1.82, 2.24) is 5.32 Å². The normalized spacial score (nSPS) is 13.1. The Hall–Kier alpha value is -4.70. The van der Waals surface area contributed by atoms with Gasteiger partial charge in [-0.25, -0.2) is 4.79 Å². The van der Waals surface area contributed by atoms with Gasteiger partial charge in [0.2, 0.25) is 11.8 Å². The zero-order valence-electron chi connectivity index (χ0n) is 23.5. The molecular weight excluding hydrogens is 590 g/mol. The SMILES string of the molecule is CC(=O)C(CCC(=O)C[C@@H](C)C(=O)N[C@@H](C)C(=O)Nc1ccc(COC(=O)Oc2ccc([N+](=O)[O-])cc2)cc1)S(=O)(=O)O. The van der Waals surface area contributed by atoms with Crippen LogP contribution in [-0.2, 0) is 40.6 Å². The smallest absolute Gasteiger partial charge is 0.429 e. The van der Waals surface area contributed by atoms with Crippen molar-refractivity contribution in [2.24, 2.45) is 5.92 Å². The second-order valence-corrected chi connectivity index (χ2v) is 11.2. The molecule has 0 radical (unpaired) electrons. The third-order valence-corrected chi connectivity index (χ3v) is 7.35. The number of nitrogens with one attached hydrogen (secondary N) is 2. The summed E-state index contributed by atoms with van der Waals surface area (Å²) in [7, 11) is -4.65. The minimum absolute atomic E-state index is 0.0642. The monoisotopic (exact) mass is 621 g/mol. The fraction of sp³-hybridized carbons (Fsp3) is 0.370. The third-order valence-electron chi connectivity index (χ3n) is 6.06. The van der Waals surface area contributed by atoms with Crippen molar-refractivity contribution in [1.29, 1.82) is 0 Å². The molecule has 2 aromatic rings. The highest BCUT2D eigenvalue weighted by atomic mass is 32.2. The van der Waals surface area contributed by atoms with E-state index >= 15 is 0 Å². The average molecular weight is 622 g/mol. The van der Waals surface area contributed by atoms with Crippen molar-refractivity contribution < 1.29 is 51.3 Å². The van der Waals surface area contributed by atoms with Gasteiger partial charge < -0.3 is 20.1 Å². The van der Waals surface area contributed by atoms with Crippen LogP contribution in [0.2, 0.25) is 0 Å². The number of anilines is 1. The number of ketones is 2. The van der Waals surface area contributed by atoms with Crippen LogP contribution in [0, 0.1) is 16.0 Å². The van der Waals surface area contributed by atoms with E-state index in [0.717, 1.165) is 6.92 Å². The summed E-state index contributed by atoms with van der Waals surface area (Å²) in [5, 5.41) is 14.1. The van der Waals surface area contributed by atoms with Crippen molar-refractivity contribution in [3.8, 4) is 5.75 Å². The topological polar surface area (TPSA) is 225 Å². The number of non-ortho nitro benzene ring substituents is 1. The zero-order chi connectivity index (χ0) is 32.3. The standard InChI is InChI=1S/C27H31N3O12S/c1-16(14-22(32)10-13-24(18(3)31)43(38,39)40)25(33)28-17(2)26(34)29-20-6-4-19(5-7-20)15-41-27(35)42-23-11-8-21(9-12-23)30(36)37/h4-9,11-12,16-17,24H,10,13-15H2,1-3H3,(H,28,33)(H,29,34)(H,38,39,40)/t16-,17+,24?/m1/s1. The Kier molecular flexibility index (Phi) is 12.4. The van der Waals surface area contributed by atoms with Crippen molar-refractivity contribution in [2.45, 2.75) is 57.9 Å². The van der Waals surface area contributed by atoms with Crippen LogP contribution in [0.25, 0.3) is 0 Å². The quantitative estimate of drug-likeness (QED) is 0.0858. The molecule has 0 aliphatic carbocycles. The Morgan fingerprint density at radius 1 is 0.977 bits per heavy atom. The second-order valence-electron chi connectivity index (χ2n) is 9.60. The molecule has 16 heteroatoms. The molecule has 43 heavy (non-hydrogen) atoms. The van der Waals surface area contributed by atoms with Crippen LogP contribution >= 0.6 is 0 Å². The number of Topliss-reactive ketones (excluding diaryl/α,β-unsaturated/α-hetero) is 2. The maximum Gasteiger partial charge on any atom is 0.514 e. The van der Waals surface area contributed by atoms with E-state index in [1.54, 1.807) is 12.1 Å². The van der Waals surface area contributed by atoms with Gasteiger partial charge in [0.1, 0.15) is 35.2 Å². The number of carbonyl (C=O) groups excluding carboxylic acids is 5. The van der Waals surface area contributed by atoms with Crippen molar-refractivity contribution in [3.05, 3.63) is 64.2 Å². The summed E-state index contributed by atoms with van der Waals surface area (Å²) in [5.41, 5.74) is 0.778. The van der Waals surface area contributed by atoms with Crippen LogP contribution < -0.4 is 15.4 Å². The van der Waals surface area contributed by atoms with Gasteiger partial charge in [-0.05, 0) is 50.1 Å². The number of nitro benzene ring substituents is 1. The molecule has 2 rings (SSSR count). The third kappa shape index (κ3) is 11.6. The fourth-order valence-corrected chi connectivity index (χ4v) is 4.49. The van der Waals surface area contributed by atoms with E-state index in [0.29, 0.717) is 11.3 Å². The number of nitrogens with zero attached hydrogens (tertiary/aromatic N) is 1. The van der Waals surface area contributed by atoms with E-state index in [2.05, 4.69) is 10.6 Å². The molecular formula is C27H31N3O12S. The predicted octanol–water partition coefficient (Wildman–Crippen LogP) is 2.97. The minimum atomic E-state index is -4.65. The number of carbonyl (C=O) groups is 5. The number of ether oxygens (including phenoxy) is 2. The molecule has 0 spiro atoms. The minimum Gasteiger partial charge on any atom is -0.429 e. The lowest BCUT2D eigenvalue weighted by Gasteiger charge is -2.17. The lowest BCUT2D eigenvalue weighted by atomic mass is 9.99. The highest BCUT2D eigenvalue weighted by Crippen LogP contribution is 2.18. The second kappa shape index (κ2) is 15.5. The van der Waals surface area contributed by atoms with Gasteiger partial charge in [0.05, 0.1) is 4.92 Å². The lowest BCUT2D eigenvalue weighted by Crippen LogP contribution is -2.44. The molecule has 0 saturated heterocycles. The summed E-state index contributed by atoms with van der Waals surface area (Å²) >= 11 is 0. The van der Waals surface area contributed by atoms with E-state index in [4.69, 9.17) is 14.0 Å². The number of hydrogen-bond donors (Lipinski definition) is 3. The molecule has 3 N–H and O–H groups in total. The Morgan fingerprint density at radius 3 is 2.12 bits per heavy atom. The molecule has 0 heterocycles. The van der Waals surface area contributed by atoms with Crippen LogP contribution in [0.15, 0.2) is 48.5 Å². The zero-order valence-corrected chi connectivity index (χ0v) is 24.3. The number of benzene rings is 2. The van der Waals surface area contributed by atoms with Crippen molar-refractivity contribution in [3.63, 3.8) is 0 Å². The number of nitro groups is 1. The molecule has 3 atom stereocenters. The Labute approximate surface area is 246 Å². The highest BCUT2D eigenvalue weighted by Gasteiger charge is 2.29. The largest absolute Gasteiger partial charge is 0.514 e. The molecule has 0 aromatic heterocycles. The number of rotatable bonds is 15. The van der Waals surface area contributed by atoms with Gasteiger partial charge in [-0.1, -0.05) is 19.1 Å². The van der Waals surface area contributed by atoms with E-state index in [-0.39, 0.29) is 30.9 Å². The summed E-state index contributed by atoms with van der Waals surface area (Å²) < 4.78 is 41.6. The van der Waals surface area contributed by atoms with E-state index in [1.807, 2.05) is 0 Å². The van der Waals surface area contributed by atoms with Gasteiger partial charge in [-0.15, -0.1) is 0 Å². The molecule has 0 fully saturated rings. The molecule has 0 bridgehead atoms. The molecule has 15 nitrogen and oxygen atoms in total. The number of amides is 2. The van der Waals surface area contributed by atoms with Crippen LogP contribution in [0.3, 0.4) is 0 Å². The maximum absolute atomic E-state index is 12.5. The van der Waals surface area contributed by atoms with Crippen LogP contribution in [0.4, 0.5) is 16.2 Å². The maximum atomic E-state index is 12.5.